The lowest BCUT2D eigenvalue weighted by molar-refractivity contribution is -0.139. The summed E-state index contributed by atoms with van der Waals surface area (Å²) in [5, 5.41) is 5.92. The summed E-state index contributed by atoms with van der Waals surface area (Å²) in [6.45, 7) is 3.72. The zero-order chi connectivity index (χ0) is 23.4. The van der Waals surface area contributed by atoms with Crippen molar-refractivity contribution in [3.05, 3.63) is 82.0 Å². The van der Waals surface area contributed by atoms with Crippen LogP contribution in [0.25, 0.3) is 0 Å². The molecule has 4 rings (SSSR count). The van der Waals surface area contributed by atoms with E-state index < -0.39 is 0 Å². The Labute approximate surface area is 201 Å². The van der Waals surface area contributed by atoms with Crippen molar-refractivity contribution in [1.29, 1.82) is 0 Å². The Morgan fingerprint density at radius 3 is 2.67 bits per heavy atom. The number of rotatable bonds is 7. The number of para-hydroxylation sites is 1. The number of fused-ring (bicyclic) bond motifs is 1. The molecule has 2 aliphatic rings. The minimum atomic E-state index is -0.385. The molecule has 33 heavy (non-hydrogen) atoms. The third kappa shape index (κ3) is 5.07. The van der Waals surface area contributed by atoms with Gasteiger partial charge in [0.25, 0.3) is 5.91 Å². The Bertz CT molecular complexity index is 1160. The lowest BCUT2D eigenvalue weighted by Gasteiger charge is -2.33. The number of halogens is 1. The van der Waals surface area contributed by atoms with Crippen LogP contribution in [0.1, 0.15) is 25.5 Å². The van der Waals surface area contributed by atoms with E-state index in [1.807, 2.05) is 35.6 Å². The number of allylic oxidation sites excluding steroid dienone is 1. The average Bonchev–Trinajstić information content (AvgIpc) is 3.27. The molecule has 170 valence electrons. The van der Waals surface area contributed by atoms with E-state index in [9.17, 15) is 9.59 Å². The molecule has 2 aromatic rings. The van der Waals surface area contributed by atoms with Crippen molar-refractivity contribution in [2.75, 3.05) is 18.5 Å². The van der Waals surface area contributed by atoms with Crippen LogP contribution in [0.3, 0.4) is 0 Å². The first-order valence-corrected chi connectivity index (χ1v) is 11.6. The molecule has 0 aliphatic carbocycles. The number of hydrogen-bond donors (Lipinski definition) is 1. The molecule has 2 heterocycles. The normalized spacial score (nSPS) is 16.9. The Morgan fingerprint density at radius 2 is 1.94 bits per heavy atom. The molecule has 7 nitrogen and oxygen atoms in total. The van der Waals surface area contributed by atoms with Crippen molar-refractivity contribution in [3.63, 3.8) is 0 Å². The minimum absolute atomic E-state index is 0.163. The van der Waals surface area contributed by atoms with Crippen molar-refractivity contribution >= 4 is 46.1 Å². The SMILES string of the molecule is CCOC(=O)C1=C(C)N=C2SC=CN2[C@@H]1c1ccc(OCC(=O)Nc2ccccc2Cl)cc1. The van der Waals surface area contributed by atoms with Gasteiger partial charge in [-0.3, -0.25) is 4.79 Å². The fourth-order valence-corrected chi connectivity index (χ4v) is 4.52. The van der Waals surface area contributed by atoms with E-state index in [1.54, 1.807) is 43.3 Å². The van der Waals surface area contributed by atoms with Crippen LogP contribution in [0.5, 0.6) is 5.75 Å². The highest BCUT2D eigenvalue weighted by Gasteiger charge is 2.37. The molecule has 9 heteroatoms. The maximum Gasteiger partial charge on any atom is 0.338 e. The number of thioether (sulfide) groups is 1. The molecule has 0 bridgehead atoms. The summed E-state index contributed by atoms with van der Waals surface area (Å²) in [6, 6.07) is 13.9. The van der Waals surface area contributed by atoms with Crippen molar-refractivity contribution in [3.8, 4) is 5.75 Å². The van der Waals surface area contributed by atoms with Crippen molar-refractivity contribution in [1.82, 2.24) is 4.90 Å². The topological polar surface area (TPSA) is 80.2 Å². The Kier molecular flexibility index (Phi) is 7.05. The minimum Gasteiger partial charge on any atom is -0.484 e. The summed E-state index contributed by atoms with van der Waals surface area (Å²) in [6.07, 6.45) is 1.91. The molecule has 0 aromatic heterocycles. The van der Waals surface area contributed by atoms with Gasteiger partial charge in [0.1, 0.15) is 5.75 Å². The Morgan fingerprint density at radius 1 is 1.18 bits per heavy atom. The number of anilines is 1. The van der Waals surface area contributed by atoms with E-state index in [0.29, 0.717) is 27.7 Å². The second kappa shape index (κ2) is 10.1. The smallest absolute Gasteiger partial charge is 0.338 e. The van der Waals surface area contributed by atoms with Crippen molar-refractivity contribution in [2.24, 2.45) is 4.99 Å². The van der Waals surface area contributed by atoms with E-state index >= 15 is 0 Å². The summed E-state index contributed by atoms with van der Waals surface area (Å²) >= 11 is 7.57. The van der Waals surface area contributed by atoms with Crippen LogP contribution >= 0.6 is 23.4 Å². The van der Waals surface area contributed by atoms with Gasteiger partial charge in [0.15, 0.2) is 11.8 Å². The number of benzene rings is 2. The third-order valence-electron chi connectivity index (χ3n) is 5.03. The summed E-state index contributed by atoms with van der Waals surface area (Å²) in [5.41, 5.74) is 2.55. The second-order valence-corrected chi connectivity index (χ2v) is 8.49. The highest BCUT2D eigenvalue weighted by molar-refractivity contribution is 8.16. The Hall–Kier alpha value is -3.23. The summed E-state index contributed by atoms with van der Waals surface area (Å²) in [5.74, 6) is -0.171. The lowest BCUT2D eigenvalue weighted by Crippen LogP contribution is -2.34. The number of hydrogen-bond acceptors (Lipinski definition) is 7. The third-order valence-corrected chi connectivity index (χ3v) is 6.13. The summed E-state index contributed by atoms with van der Waals surface area (Å²) < 4.78 is 10.9. The number of amides is 1. The Balaban J connectivity index is 1.48. The van der Waals surface area contributed by atoms with Gasteiger partial charge >= 0.3 is 5.97 Å². The predicted octanol–water partition coefficient (Wildman–Crippen LogP) is 5.13. The number of nitrogens with zero attached hydrogens (tertiary/aromatic N) is 2. The molecule has 1 amide bonds. The summed E-state index contributed by atoms with van der Waals surface area (Å²) in [4.78, 5) is 31.4. The van der Waals surface area contributed by atoms with Gasteiger partial charge < -0.3 is 19.7 Å². The van der Waals surface area contributed by atoms with E-state index in [-0.39, 0.29) is 31.1 Å². The van der Waals surface area contributed by atoms with Gasteiger partial charge in [-0.15, -0.1) is 0 Å². The maximum absolute atomic E-state index is 12.7. The van der Waals surface area contributed by atoms with Gasteiger partial charge in [-0.2, -0.15) is 0 Å². The van der Waals surface area contributed by atoms with Gasteiger partial charge in [0.2, 0.25) is 0 Å². The van der Waals surface area contributed by atoms with E-state index in [1.165, 1.54) is 11.8 Å². The summed E-state index contributed by atoms with van der Waals surface area (Å²) in [7, 11) is 0. The first-order chi connectivity index (χ1) is 16.0. The largest absolute Gasteiger partial charge is 0.484 e. The zero-order valence-corrected chi connectivity index (χ0v) is 19.7. The average molecular weight is 484 g/mol. The van der Waals surface area contributed by atoms with Crippen LogP contribution in [0, 0.1) is 0 Å². The van der Waals surface area contributed by atoms with E-state index in [0.717, 1.165) is 10.7 Å². The fraction of sp³-hybridized carbons (Fsp3) is 0.208. The molecule has 2 aromatic carbocycles. The zero-order valence-electron chi connectivity index (χ0n) is 18.1. The molecule has 0 saturated carbocycles. The van der Waals surface area contributed by atoms with Crippen molar-refractivity contribution < 1.29 is 19.1 Å². The van der Waals surface area contributed by atoms with Gasteiger partial charge in [-0.1, -0.05) is 47.6 Å². The first kappa shape index (κ1) is 22.9. The molecular weight excluding hydrogens is 462 g/mol. The number of nitrogens with one attached hydrogen (secondary N) is 1. The molecule has 1 N–H and O–H groups in total. The lowest BCUT2D eigenvalue weighted by atomic mass is 9.95. The number of amidine groups is 1. The molecular formula is C24H22ClN3O4S. The van der Waals surface area contributed by atoms with Crippen LogP contribution in [-0.2, 0) is 14.3 Å². The van der Waals surface area contributed by atoms with Gasteiger partial charge in [0.05, 0.1) is 34.6 Å². The van der Waals surface area contributed by atoms with Crippen LogP contribution in [0.2, 0.25) is 5.02 Å². The maximum atomic E-state index is 12.7. The van der Waals surface area contributed by atoms with Gasteiger partial charge in [-0.25, -0.2) is 9.79 Å². The molecule has 0 fully saturated rings. The van der Waals surface area contributed by atoms with Crippen molar-refractivity contribution in [2.45, 2.75) is 19.9 Å². The number of carbonyl (C=O) groups is 2. The van der Waals surface area contributed by atoms with E-state index in [4.69, 9.17) is 21.1 Å². The number of ether oxygens (including phenoxy) is 2. The van der Waals surface area contributed by atoms with Gasteiger partial charge in [0, 0.05) is 6.20 Å². The number of aliphatic imine (C=N–C) groups is 1. The van der Waals surface area contributed by atoms with Crippen LogP contribution in [0.15, 0.2) is 76.4 Å². The first-order valence-electron chi connectivity index (χ1n) is 10.3. The number of esters is 1. The standard InChI is InChI=1S/C24H22ClN3O4S/c1-3-31-23(30)21-15(2)26-24-28(12-13-33-24)22(21)16-8-10-17(11-9-16)32-14-20(29)27-19-7-5-4-6-18(19)25/h4-13,22H,3,14H2,1-2H3,(H,27,29)/t22-/m1/s1. The van der Waals surface area contributed by atoms with Crippen LogP contribution in [-0.4, -0.2) is 35.2 Å². The molecule has 0 saturated heterocycles. The molecule has 0 spiro atoms. The molecule has 1 atom stereocenters. The van der Waals surface area contributed by atoms with Gasteiger partial charge in [-0.05, 0) is 49.1 Å². The highest BCUT2D eigenvalue weighted by Crippen LogP contribution is 2.41. The van der Waals surface area contributed by atoms with Crippen LogP contribution < -0.4 is 10.1 Å². The van der Waals surface area contributed by atoms with Crippen LogP contribution in [0.4, 0.5) is 5.69 Å². The van der Waals surface area contributed by atoms with E-state index in [2.05, 4.69) is 10.3 Å². The fourth-order valence-electron chi connectivity index (χ4n) is 3.54. The second-order valence-electron chi connectivity index (χ2n) is 7.21. The molecule has 0 unspecified atom stereocenters. The molecule has 0 radical (unpaired) electrons. The quantitative estimate of drug-likeness (QED) is 0.550. The molecule has 2 aliphatic heterocycles. The highest BCUT2D eigenvalue weighted by atomic mass is 35.5. The monoisotopic (exact) mass is 483 g/mol. The number of carbonyl (C=O) groups excluding carboxylic acids is 2. The predicted molar refractivity (Wildman–Crippen MR) is 130 cm³/mol.